The van der Waals surface area contributed by atoms with Crippen molar-refractivity contribution in [3.63, 3.8) is 0 Å². The zero-order valence-corrected chi connectivity index (χ0v) is 13.8. The third kappa shape index (κ3) is 3.13. The number of carbonyl (C=O) groups excluding carboxylic acids is 1. The Morgan fingerprint density at radius 1 is 1.21 bits per heavy atom. The monoisotopic (exact) mass is 325 g/mol. The number of nitrogens with zero attached hydrogens (tertiary/aromatic N) is 4. The van der Waals surface area contributed by atoms with E-state index in [2.05, 4.69) is 15.4 Å². The van der Waals surface area contributed by atoms with Crippen LogP contribution in [0.15, 0.2) is 36.7 Å². The molecule has 0 bridgehead atoms. The maximum atomic E-state index is 12.6. The Balaban J connectivity index is 1.38. The maximum Gasteiger partial charge on any atom is 0.323 e. The number of rotatable bonds is 3. The Morgan fingerprint density at radius 2 is 2.12 bits per heavy atom. The summed E-state index contributed by atoms with van der Waals surface area (Å²) in [6.07, 6.45) is 9.76. The van der Waals surface area contributed by atoms with E-state index in [4.69, 9.17) is 0 Å². The molecule has 2 aromatic heterocycles. The minimum Gasteiger partial charge on any atom is -0.321 e. The number of fused-ring (bicyclic) bond motifs is 1. The standard InChI is InChI=1S/C18H23N5O/c24-18(23-12-8-14-5-1-2-7-16(14)23)20-17-9-11-22(21-17)13-15-6-3-4-10-19-15/h3-4,6,9-11,14,16H,1-2,5,7-8,12-13H2,(H,20,21,24)/t14-,16+/m1/s1. The summed E-state index contributed by atoms with van der Waals surface area (Å²) in [6, 6.07) is 8.08. The second kappa shape index (κ2) is 6.63. The summed E-state index contributed by atoms with van der Waals surface area (Å²) in [7, 11) is 0. The molecule has 24 heavy (non-hydrogen) atoms. The molecule has 1 aliphatic carbocycles. The first kappa shape index (κ1) is 15.2. The minimum atomic E-state index is -0.00696. The number of urea groups is 1. The van der Waals surface area contributed by atoms with Gasteiger partial charge < -0.3 is 4.90 Å². The quantitative estimate of drug-likeness (QED) is 0.943. The van der Waals surface area contributed by atoms with Crippen LogP contribution < -0.4 is 5.32 Å². The second-order valence-corrected chi connectivity index (χ2v) is 6.74. The van der Waals surface area contributed by atoms with E-state index in [9.17, 15) is 4.79 Å². The third-order valence-electron chi connectivity index (χ3n) is 5.20. The van der Waals surface area contributed by atoms with Crippen molar-refractivity contribution in [3.8, 4) is 0 Å². The van der Waals surface area contributed by atoms with Gasteiger partial charge in [-0.25, -0.2) is 4.79 Å². The smallest absolute Gasteiger partial charge is 0.321 e. The van der Waals surface area contributed by atoms with E-state index in [1.165, 1.54) is 19.3 Å². The molecule has 126 valence electrons. The van der Waals surface area contributed by atoms with Crippen LogP contribution >= 0.6 is 0 Å². The maximum absolute atomic E-state index is 12.6. The molecule has 0 spiro atoms. The fourth-order valence-corrected chi connectivity index (χ4v) is 4.01. The van der Waals surface area contributed by atoms with Crippen LogP contribution in [-0.4, -0.2) is 38.3 Å². The number of aromatic nitrogens is 3. The number of amides is 2. The molecule has 2 fully saturated rings. The summed E-state index contributed by atoms with van der Waals surface area (Å²) >= 11 is 0. The van der Waals surface area contributed by atoms with Gasteiger partial charge in [0.1, 0.15) is 0 Å². The first-order chi connectivity index (χ1) is 11.8. The van der Waals surface area contributed by atoms with Crippen LogP contribution in [-0.2, 0) is 6.54 Å². The molecule has 1 aliphatic heterocycles. The number of hydrogen-bond acceptors (Lipinski definition) is 3. The number of nitrogens with one attached hydrogen (secondary N) is 1. The summed E-state index contributed by atoms with van der Waals surface area (Å²) in [5.74, 6) is 1.31. The molecule has 4 rings (SSSR count). The Morgan fingerprint density at radius 3 is 3.00 bits per heavy atom. The number of hydrogen-bond donors (Lipinski definition) is 1. The van der Waals surface area contributed by atoms with Gasteiger partial charge in [-0.3, -0.25) is 15.0 Å². The van der Waals surface area contributed by atoms with E-state index in [-0.39, 0.29) is 6.03 Å². The second-order valence-electron chi connectivity index (χ2n) is 6.74. The van der Waals surface area contributed by atoms with Crippen LogP contribution in [0.25, 0.3) is 0 Å². The van der Waals surface area contributed by atoms with Crippen molar-refractivity contribution in [2.45, 2.75) is 44.7 Å². The topological polar surface area (TPSA) is 63.1 Å². The number of anilines is 1. The zero-order chi connectivity index (χ0) is 16.4. The van der Waals surface area contributed by atoms with Crippen LogP contribution in [0.3, 0.4) is 0 Å². The third-order valence-corrected chi connectivity index (χ3v) is 5.20. The van der Waals surface area contributed by atoms with Crippen LogP contribution in [0.1, 0.15) is 37.8 Å². The molecule has 2 aliphatic rings. The van der Waals surface area contributed by atoms with E-state index >= 15 is 0 Å². The SMILES string of the molecule is O=C(Nc1ccn(Cc2ccccn2)n1)N1CC[C@H]2CCCC[C@@H]21. The van der Waals surface area contributed by atoms with Gasteiger partial charge in [-0.15, -0.1) is 0 Å². The largest absolute Gasteiger partial charge is 0.323 e. The van der Waals surface area contributed by atoms with Gasteiger partial charge in [0.2, 0.25) is 0 Å². The van der Waals surface area contributed by atoms with E-state index in [1.807, 2.05) is 35.4 Å². The summed E-state index contributed by atoms with van der Waals surface area (Å²) in [4.78, 5) is 18.9. The fourth-order valence-electron chi connectivity index (χ4n) is 4.01. The predicted molar refractivity (Wildman–Crippen MR) is 91.7 cm³/mol. The molecule has 0 radical (unpaired) electrons. The first-order valence-corrected chi connectivity index (χ1v) is 8.80. The van der Waals surface area contributed by atoms with Gasteiger partial charge in [-0.1, -0.05) is 18.9 Å². The molecule has 6 nitrogen and oxygen atoms in total. The summed E-state index contributed by atoms with van der Waals surface area (Å²) < 4.78 is 1.80. The van der Waals surface area contributed by atoms with E-state index in [0.717, 1.165) is 25.1 Å². The van der Waals surface area contributed by atoms with Crippen molar-refractivity contribution < 1.29 is 4.79 Å². The van der Waals surface area contributed by atoms with Gasteiger partial charge in [0, 0.05) is 31.0 Å². The molecule has 2 amide bonds. The molecule has 3 heterocycles. The average molecular weight is 325 g/mol. The van der Waals surface area contributed by atoms with Crippen molar-refractivity contribution in [1.29, 1.82) is 0 Å². The number of likely N-dealkylation sites (tertiary alicyclic amines) is 1. The highest BCUT2D eigenvalue weighted by Gasteiger charge is 2.38. The van der Waals surface area contributed by atoms with Crippen LogP contribution in [0, 0.1) is 5.92 Å². The molecule has 6 heteroatoms. The highest BCUT2D eigenvalue weighted by molar-refractivity contribution is 5.88. The molecule has 1 saturated heterocycles. The van der Waals surface area contributed by atoms with Crippen LogP contribution in [0.2, 0.25) is 0 Å². The van der Waals surface area contributed by atoms with E-state index in [0.29, 0.717) is 24.3 Å². The Bertz CT molecular complexity index is 698. The van der Waals surface area contributed by atoms with Crippen molar-refractivity contribution >= 4 is 11.8 Å². The minimum absolute atomic E-state index is 0.00696. The molecular formula is C18H23N5O. The average Bonchev–Trinajstić information content (AvgIpc) is 3.22. The van der Waals surface area contributed by atoms with Crippen molar-refractivity contribution in [2.24, 2.45) is 5.92 Å². The first-order valence-electron chi connectivity index (χ1n) is 8.80. The lowest BCUT2D eigenvalue weighted by molar-refractivity contribution is 0.181. The lowest BCUT2D eigenvalue weighted by Crippen LogP contribution is -2.41. The highest BCUT2D eigenvalue weighted by Crippen LogP contribution is 2.36. The Kier molecular flexibility index (Phi) is 4.19. The Hall–Kier alpha value is -2.37. The molecule has 2 atom stereocenters. The number of carbonyl (C=O) groups is 1. The van der Waals surface area contributed by atoms with Crippen molar-refractivity contribution in [2.75, 3.05) is 11.9 Å². The lowest BCUT2D eigenvalue weighted by atomic mass is 9.85. The summed E-state index contributed by atoms with van der Waals surface area (Å²) in [5, 5.41) is 7.40. The molecule has 1 N–H and O–H groups in total. The van der Waals surface area contributed by atoms with E-state index < -0.39 is 0 Å². The van der Waals surface area contributed by atoms with E-state index in [1.54, 1.807) is 10.9 Å². The predicted octanol–water partition coefficient (Wildman–Crippen LogP) is 3.12. The summed E-state index contributed by atoms with van der Waals surface area (Å²) in [6.45, 7) is 1.47. The highest BCUT2D eigenvalue weighted by atomic mass is 16.2. The van der Waals surface area contributed by atoms with Gasteiger partial charge in [-0.2, -0.15) is 5.10 Å². The molecule has 0 aromatic carbocycles. The van der Waals surface area contributed by atoms with Gasteiger partial charge in [0.05, 0.1) is 12.2 Å². The normalized spacial score (nSPS) is 23.1. The summed E-state index contributed by atoms with van der Waals surface area (Å²) in [5.41, 5.74) is 0.947. The van der Waals surface area contributed by atoms with Crippen molar-refractivity contribution in [3.05, 3.63) is 42.4 Å². The molecular weight excluding hydrogens is 302 g/mol. The van der Waals surface area contributed by atoms with Gasteiger partial charge >= 0.3 is 6.03 Å². The molecule has 2 aromatic rings. The van der Waals surface area contributed by atoms with Crippen LogP contribution in [0.5, 0.6) is 0 Å². The fraction of sp³-hybridized carbons (Fsp3) is 0.500. The van der Waals surface area contributed by atoms with Gasteiger partial charge in [-0.05, 0) is 37.3 Å². The Labute approximate surface area is 141 Å². The molecule has 1 saturated carbocycles. The lowest BCUT2D eigenvalue weighted by Gasteiger charge is -2.31. The molecule has 0 unspecified atom stereocenters. The van der Waals surface area contributed by atoms with Gasteiger partial charge in [0.25, 0.3) is 0 Å². The zero-order valence-electron chi connectivity index (χ0n) is 13.8. The number of pyridine rings is 1. The van der Waals surface area contributed by atoms with Gasteiger partial charge in [0.15, 0.2) is 5.82 Å². The van der Waals surface area contributed by atoms with Crippen LogP contribution in [0.4, 0.5) is 10.6 Å². The van der Waals surface area contributed by atoms with Crippen molar-refractivity contribution in [1.82, 2.24) is 19.7 Å².